The molecule has 0 spiro atoms. The molecule has 1 aliphatic heterocycles. The summed E-state index contributed by atoms with van der Waals surface area (Å²) in [5.74, 6) is -0.334. The van der Waals surface area contributed by atoms with Gasteiger partial charge in [-0.05, 0) is 12.5 Å². The Morgan fingerprint density at radius 1 is 1.36 bits per heavy atom. The monoisotopic (exact) mass is 305 g/mol. The highest BCUT2D eigenvalue weighted by Gasteiger charge is 2.22. The number of rotatable bonds is 6. The second-order valence-corrected chi connectivity index (χ2v) is 5.17. The van der Waals surface area contributed by atoms with Gasteiger partial charge in [0.15, 0.2) is 0 Å². The van der Waals surface area contributed by atoms with E-state index in [1.54, 1.807) is 4.90 Å². The largest absolute Gasteiger partial charge is 0.366 e. The molecular weight excluding hydrogens is 282 g/mol. The van der Waals surface area contributed by atoms with E-state index in [4.69, 9.17) is 4.74 Å². The lowest BCUT2D eigenvalue weighted by Gasteiger charge is -2.24. The third-order valence-electron chi connectivity index (χ3n) is 3.58. The van der Waals surface area contributed by atoms with Crippen LogP contribution in [0.2, 0.25) is 0 Å². The maximum atomic E-state index is 12.2. The fourth-order valence-electron chi connectivity index (χ4n) is 2.30. The second-order valence-electron chi connectivity index (χ2n) is 5.17. The summed E-state index contributed by atoms with van der Waals surface area (Å²) in [5, 5.41) is 5.75. The lowest BCUT2D eigenvalue weighted by atomic mass is 10.2. The van der Waals surface area contributed by atoms with Gasteiger partial charge >= 0.3 is 0 Å². The molecular formula is C16H23N3O3. The number of hydrogen-bond donors (Lipinski definition) is 2. The summed E-state index contributed by atoms with van der Waals surface area (Å²) in [6.45, 7) is 4.83. The maximum absolute atomic E-state index is 12.2. The minimum Gasteiger partial charge on any atom is -0.366 e. The molecule has 0 saturated carbocycles. The molecule has 1 aromatic rings. The van der Waals surface area contributed by atoms with Crippen LogP contribution in [0.4, 0.5) is 0 Å². The molecule has 6 nitrogen and oxygen atoms in total. The van der Waals surface area contributed by atoms with Crippen LogP contribution in [0.15, 0.2) is 30.3 Å². The molecule has 1 unspecified atom stereocenters. The number of morpholine rings is 1. The molecule has 1 saturated heterocycles. The van der Waals surface area contributed by atoms with Crippen molar-refractivity contribution in [2.75, 3.05) is 32.8 Å². The van der Waals surface area contributed by atoms with Crippen LogP contribution in [0, 0.1) is 0 Å². The average molecular weight is 305 g/mol. The van der Waals surface area contributed by atoms with Crippen LogP contribution in [0.3, 0.4) is 0 Å². The van der Waals surface area contributed by atoms with E-state index in [0.717, 1.165) is 12.1 Å². The van der Waals surface area contributed by atoms with E-state index in [2.05, 4.69) is 10.6 Å². The van der Waals surface area contributed by atoms with Gasteiger partial charge in [0.25, 0.3) is 5.91 Å². The third kappa shape index (κ3) is 4.82. The van der Waals surface area contributed by atoms with E-state index in [1.165, 1.54) is 0 Å². The Morgan fingerprint density at radius 2 is 2.14 bits per heavy atom. The summed E-state index contributed by atoms with van der Waals surface area (Å²) < 4.78 is 5.36. The van der Waals surface area contributed by atoms with Gasteiger partial charge in [-0.15, -0.1) is 0 Å². The van der Waals surface area contributed by atoms with Crippen LogP contribution >= 0.6 is 0 Å². The molecule has 1 aliphatic rings. The maximum Gasteiger partial charge on any atom is 0.250 e. The highest BCUT2D eigenvalue weighted by molar-refractivity contribution is 5.87. The van der Waals surface area contributed by atoms with E-state index in [1.807, 2.05) is 37.3 Å². The minimum absolute atomic E-state index is 0.000628. The van der Waals surface area contributed by atoms with Gasteiger partial charge in [-0.1, -0.05) is 30.3 Å². The van der Waals surface area contributed by atoms with Gasteiger partial charge in [0.2, 0.25) is 5.91 Å². The molecule has 0 bridgehead atoms. The molecule has 2 N–H and O–H groups in total. The van der Waals surface area contributed by atoms with Crippen molar-refractivity contribution in [1.82, 2.24) is 15.5 Å². The van der Waals surface area contributed by atoms with Crippen molar-refractivity contribution in [1.29, 1.82) is 0 Å². The van der Waals surface area contributed by atoms with Crippen LogP contribution in [-0.4, -0.2) is 55.6 Å². The predicted molar refractivity (Wildman–Crippen MR) is 83.2 cm³/mol. The summed E-state index contributed by atoms with van der Waals surface area (Å²) in [4.78, 5) is 25.9. The molecule has 0 aliphatic carbocycles. The van der Waals surface area contributed by atoms with Gasteiger partial charge in [0.1, 0.15) is 6.10 Å². The Kier molecular flexibility index (Phi) is 6.36. The number of benzene rings is 1. The normalized spacial score (nSPS) is 17.8. The van der Waals surface area contributed by atoms with Crippen molar-refractivity contribution in [3.8, 4) is 0 Å². The zero-order valence-electron chi connectivity index (χ0n) is 12.9. The fourth-order valence-corrected chi connectivity index (χ4v) is 2.30. The van der Waals surface area contributed by atoms with Crippen LogP contribution in [0.5, 0.6) is 0 Å². The standard InChI is InChI=1S/C16H23N3O3/c1-2-19(12-13-6-4-3-5-7-13)15(20)11-18-16(21)14-10-17-8-9-22-14/h3-7,14,17H,2,8-12H2,1H3,(H,18,21). The number of likely N-dealkylation sites (N-methyl/N-ethyl adjacent to an activating group) is 1. The quantitative estimate of drug-likeness (QED) is 0.784. The lowest BCUT2D eigenvalue weighted by Crippen LogP contribution is -2.50. The van der Waals surface area contributed by atoms with Gasteiger partial charge in [-0.2, -0.15) is 0 Å². The first-order valence-corrected chi connectivity index (χ1v) is 7.62. The van der Waals surface area contributed by atoms with Crippen LogP contribution in [0.25, 0.3) is 0 Å². The second kappa shape index (κ2) is 8.51. The van der Waals surface area contributed by atoms with Crippen LogP contribution in [-0.2, 0) is 20.9 Å². The Morgan fingerprint density at radius 3 is 2.77 bits per heavy atom. The first kappa shape index (κ1) is 16.5. The van der Waals surface area contributed by atoms with Crippen LogP contribution in [0.1, 0.15) is 12.5 Å². The molecule has 6 heteroatoms. The summed E-state index contributed by atoms with van der Waals surface area (Å²) in [6.07, 6.45) is -0.509. The zero-order valence-corrected chi connectivity index (χ0v) is 12.9. The number of nitrogens with one attached hydrogen (secondary N) is 2. The number of amides is 2. The molecule has 22 heavy (non-hydrogen) atoms. The highest BCUT2D eigenvalue weighted by atomic mass is 16.5. The number of carbonyl (C=O) groups is 2. The molecule has 1 atom stereocenters. The molecule has 1 heterocycles. The average Bonchev–Trinajstić information content (AvgIpc) is 2.59. The minimum atomic E-state index is -0.509. The summed E-state index contributed by atoms with van der Waals surface area (Å²) in [7, 11) is 0. The molecule has 2 rings (SSSR count). The molecule has 120 valence electrons. The van der Waals surface area contributed by atoms with Crippen molar-refractivity contribution in [3.63, 3.8) is 0 Å². The van der Waals surface area contributed by atoms with Crippen LogP contribution < -0.4 is 10.6 Å². The Hall–Kier alpha value is -1.92. The van der Waals surface area contributed by atoms with E-state index in [-0.39, 0.29) is 18.4 Å². The Balaban J connectivity index is 1.80. The van der Waals surface area contributed by atoms with Crippen molar-refractivity contribution < 1.29 is 14.3 Å². The SMILES string of the molecule is CCN(Cc1ccccc1)C(=O)CNC(=O)C1CNCCO1. The number of carbonyl (C=O) groups excluding carboxylic acids is 2. The molecule has 0 aromatic heterocycles. The van der Waals surface area contributed by atoms with Crippen molar-refractivity contribution >= 4 is 11.8 Å². The van der Waals surface area contributed by atoms with E-state index < -0.39 is 6.10 Å². The van der Waals surface area contributed by atoms with Gasteiger partial charge in [-0.3, -0.25) is 9.59 Å². The van der Waals surface area contributed by atoms with Gasteiger partial charge in [-0.25, -0.2) is 0 Å². The smallest absolute Gasteiger partial charge is 0.250 e. The topological polar surface area (TPSA) is 70.7 Å². The van der Waals surface area contributed by atoms with Gasteiger partial charge in [0, 0.05) is 26.2 Å². The Bertz CT molecular complexity index is 487. The van der Waals surface area contributed by atoms with Crippen molar-refractivity contribution in [2.24, 2.45) is 0 Å². The molecule has 1 aromatic carbocycles. The fraction of sp³-hybridized carbons (Fsp3) is 0.500. The first-order valence-electron chi connectivity index (χ1n) is 7.62. The van der Waals surface area contributed by atoms with E-state index in [0.29, 0.717) is 26.2 Å². The van der Waals surface area contributed by atoms with Gasteiger partial charge in [0.05, 0.1) is 13.2 Å². The summed E-state index contributed by atoms with van der Waals surface area (Å²) in [5.41, 5.74) is 1.07. The number of hydrogen-bond acceptors (Lipinski definition) is 4. The molecule has 2 amide bonds. The van der Waals surface area contributed by atoms with E-state index in [9.17, 15) is 9.59 Å². The van der Waals surface area contributed by atoms with Crippen molar-refractivity contribution in [2.45, 2.75) is 19.6 Å². The van der Waals surface area contributed by atoms with E-state index >= 15 is 0 Å². The van der Waals surface area contributed by atoms with Crippen molar-refractivity contribution in [3.05, 3.63) is 35.9 Å². The zero-order chi connectivity index (χ0) is 15.8. The third-order valence-corrected chi connectivity index (χ3v) is 3.58. The lowest BCUT2D eigenvalue weighted by molar-refractivity contribution is -0.138. The molecule has 0 radical (unpaired) electrons. The highest BCUT2D eigenvalue weighted by Crippen LogP contribution is 2.04. The predicted octanol–water partition coefficient (Wildman–Crippen LogP) is 0.140. The summed E-state index contributed by atoms with van der Waals surface area (Å²) in [6, 6.07) is 9.80. The van der Waals surface area contributed by atoms with Gasteiger partial charge < -0.3 is 20.3 Å². The Labute approximate surface area is 130 Å². The number of ether oxygens (including phenoxy) is 1. The first-order chi connectivity index (χ1) is 10.7. The number of nitrogens with zero attached hydrogens (tertiary/aromatic N) is 1. The summed E-state index contributed by atoms with van der Waals surface area (Å²) >= 11 is 0. The molecule has 1 fully saturated rings.